The monoisotopic (exact) mass is 280 g/mol. The second kappa shape index (κ2) is 7.10. The van der Waals surface area contributed by atoms with Gasteiger partial charge in [0.05, 0.1) is 5.69 Å². The number of hydrogen-bond acceptors (Lipinski definition) is 5. The van der Waals surface area contributed by atoms with Crippen molar-refractivity contribution in [3.05, 3.63) is 40.6 Å². The molecule has 0 atom stereocenters. The Bertz CT molecular complexity index is 552. The lowest BCUT2D eigenvalue weighted by Crippen LogP contribution is -2.18. The summed E-state index contributed by atoms with van der Waals surface area (Å²) in [4.78, 5) is 15.9. The summed E-state index contributed by atoms with van der Waals surface area (Å²) in [6, 6.07) is 5.77. The van der Waals surface area contributed by atoms with Gasteiger partial charge in [-0.25, -0.2) is 9.89 Å². The summed E-state index contributed by atoms with van der Waals surface area (Å²) in [5.41, 5.74) is 0.783. The van der Waals surface area contributed by atoms with Gasteiger partial charge in [-0.05, 0) is 18.6 Å². The van der Waals surface area contributed by atoms with Gasteiger partial charge in [0.2, 0.25) is 0 Å². The molecule has 2 aromatic heterocycles. The molecule has 2 rings (SSSR count). The smallest absolute Gasteiger partial charge is 0.343 e. The number of hydrogen-bond donors (Lipinski definition) is 1. The van der Waals surface area contributed by atoms with Crippen LogP contribution in [0.2, 0.25) is 0 Å². The Morgan fingerprint density at radius 3 is 3.11 bits per heavy atom. The number of nitrogens with one attached hydrogen (secondary N) is 1. The van der Waals surface area contributed by atoms with E-state index >= 15 is 0 Å². The SMILES string of the molecule is COCCCn1c(SCc2ccccn2)n[nH]c1=O. The molecule has 0 saturated carbocycles. The standard InChI is InChI=1S/C12H16N4O2S/c1-18-8-4-7-16-11(17)14-15-12(16)19-9-10-5-2-3-6-13-10/h2-3,5-6H,4,7-9H2,1H3,(H,14,17). The molecule has 0 aliphatic carbocycles. The van der Waals surface area contributed by atoms with Gasteiger partial charge in [-0.2, -0.15) is 0 Å². The van der Waals surface area contributed by atoms with Crippen molar-refractivity contribution in [3.63, 3.8) is 0 Å². The number of methoxy groups -OCH3 is 1. The third-order valence-electron chi connectivity index (χ3n) is 2.53. The van der Waals surface area contributed by atoms with Crippen molar-refractivity contribution in [2.24, 2.45) is 0 Å². The lowest BCUT2D eigenvalue weighted by atomic mass is 10.4. The first-order valence-electron chi connectivity index (χ1n) is 5.98. The van der Waals surface area contributed by atoms with Gasteiger partial charge >= 0.3 is 5.69 Å². The molecule has 2 aromatic rings. The predicted molar refractivity (Wildman–Crippen MR) is 73.1 cm³/mol. The van der Waals surface area contributed by atoms with Crippen LogP contribution in [0.25, 0.3) is 0 Å². The van der Waals surface area contributed by atoms with Crippen LogP contribution in [0.15, 0.2) is 34.3 Å². The summed E-state index contributed by atoms with van der Waals surface area (Å²) in [7, 11) is 1.65. The van der Waals surface area contributed by atoms with Gasteiger partial charge in [-0.15, -0.1) is 5.10 Å². The number of aromatic amines is 1. The van der Waals surface area contributed by atoms with E-state index in [-0.39, 0.29) is 5.69 Å². The predicted octanol–water partition coefficient (Wildman–Crippen LogP) is 1.30. The molecule has 0 aliphatic heterocycles. The quantitative estimate of drug-likeness (QED) is 0.611. The van der Waals surface area contributed by atoms with E-state index < -0.39 is 0 Å². The van der Waals surface area contributed by atoms with Gasteiger partial charge in [0, 0.05) is 32.2 Å². The molecular weight excluding hydrogens is 264 g/mol. The topological polar surface area (TPSA) is 72.8 Å². The minimum atomic E-state index is -0.181. The lowest BCUT2D eigenvalue weighted by molar-refractivity contribution is 0.189. The van der Waals surface area contributed by atoms with Crippen LogP contribution in [0.1, 0.15) is 12.1 Å². The van der Waals surface area contributed by atoms with Crippen LogP contribution < -0.4 is 5.69 Å². The van der Waals surface area contributed by atoms with Crippen molar-refractivity contribution in [1.29, 1.82) is 0 Å². The number of thioether (sulfide) groups is 1. The maximum Gasteiger partial charge on any atom is 0.343 e. The van der Waals surface area contributed by atoms with Crippen LogP contribution in [-0.4, -0.2) is 33.5 Å². The molecule has 0 unspecified atom stereocenters. The van der Waals surface area contributed by atoms with Crippen molar-refractivity contribution in [3.8, 4) is 0 Å². The van der Waals surface area contributed by atoms with Crippen molar-refractivity contribution in [2.45, 2.75) is 23.9 Å². The third-order valence-corrected chi connectivity index (χ3v) is 3.54. The van der Waals surface area contributed by atoms with Gasteiger partial charge in [0.25, 0.3) is 0 Å². The fourth-order valence-electron chi connectivity index (χ4n) is 1.60. The van der Waals surface area contributed by atoms with Crippen molar-refractivity contribution in [2.75, 3.05) is 13.7 Å². The molecule has 7 heteroatoms. The van der Waals surface area contributed by atoms with Gasteiger partial charge in [0.1, 0.15) is 0 Å². The number of ether oxygens (including phenoxy) is 1. The van der Waals surface area contributed by atoms with Crippen LogP contribution in [0.5, 0.6) is 0 Å². The Morgan fingerprint density at radius 1 is 1.47 bits per heavy atom. The summed E-state index contributed by atoms with van der Waals surface area (Å²) >= 11 is 1.50. The first-order valence-corrected chi connectivity index (χ1v) is 6.96. The van der Waals surface area contributed by atoms with Crippen LogP contribution in [0, 0.1) is 0 Å². The molecule has 0 fully saturated rings. The Labute approximate surface area is 115 Å². The van der Waals surface area contributed by atoms with Gasteiger partial charge in [0.15, 0.2) is 5.16 Å². The molecule has 19 heavy (non-hydrogen) atoms. The lowest BCUT2D eigenvalue weighted by Gasteiger charge is -2.04. The highest BCUT2D eigenvalue weighted by Gasteiger charge is 2.08. The van der Waals surface area contributed by atoms with E-state index in [9.17, 15) is 4.79 Å². The number of rotatable bonds is 7. The van der Waals surface area contributed by atoms with E-state index in [1.54, 1.807) is 17.9 Å². The highest BCUT2D eigenvalue weighted by molar-refractivity contribution is 7.98. The summed E-state index contributed by atoms with van der Waals surface area (Å²) in [6.45, 7) is 1.23. The van der Waals surface area contributed by atoms with Crippen LogP contribution in [-0.2, 0) is 17.0 Å². The maximum atomic E-state index is 11.6. The number of pyridine rings is 1. The van der Waals surface area contributed by atoms with E-state index in [1.807, 2.05) is 18.2 Å². The average Bonchev–Trinajstić information content (AvgIpc) is 2.79. The fourth-order valence-corrected chi connectivity index (χ4v) is 2.49. The first-order chi connectivity index (χ1) is 9.31. The van der Waals surface area contributed by atoms with Crippen molar-refractivity contribution in [1.82, 2.24) is 19.7 Å². The highest BCUT2D eigenvalue weighted by atomic mass is 32.2. The van der Waals surface area contributed by atoms with E-state index in [4.69, 9.17) is 4.74 Å². The molecule has 0 spiro atoms. The second-order valence-electron chi connectivity index (χ2n) is 3.92. The van der Waals surface area contributed by atoms with Crippen LogP contribution >= 0.6 is 11.8 Å². The van der Waals surface area contributed by atoms with Crippen molar-refractivity contribution < 1.29 is 4.74 Å². The van der Waals surface area contributed by atoms with E-state index in [2.05, 4.69) is 15.2 Å². The second-order valence-corrected chi connectivity index (χ2v) is 4.86. The molecule has 2 heterocycles. The number of nitrogens with zero attached hydrogens (tertiary/aromatic N) is 3. The van der Waals surface area contributed by atoms with Crippen LogP contribution in [0.3, 0.4) is 0 Å². The molecule has 0 aliphatic rings. The van der Waals surface area contributed by atoms with Gasteiger partial charge in [-0.1, -0.05) is 17.8 Å². The van der Waals surface area contributed by atoms with Gasteiger partial charge < -0.3 is 4.74 Å². The number of H-pyrrole nitrogens is 1. The van der Waals surface area contributed by atoms with E-state index in [0.717, 1.165) is 12.1 Å². The first kappa shape index (κ1) is 13.8. The molecule has 102 valence electrons. The Hall–Kier alpha value is -1.60. The maximum absolute atomic E-state index is 11.6. The Kier molecular flexibility index (Phi) is 5.17. The Balaban J connectivity index is 1.98. The molecule has 0 bridgehead atoms. The zero-order valence-electron chi connectivity index (χ0n) is 10.7. The molecule has 6 nitrogen and oxygen atoms in total. The summed E-state index contributed by atoms with van der Waals surface area (Å²) in [6.07, 6.45) is 2.54. The minimum Gasteiger partial charge on any atom is -0.385 e. The molecular formula is C12H16N4O2S. The molecule has 0 radical (unpaired) electrons. The molecule has 1 N–H and O–H groups in total. The molecule has 0 saturated heterocycles. The molecule has 0 amide bonds. The third kappa shape index (κ3) is 3.93. The molecule has 0 aromatic carbocycles. The zero-order valence-corrected chi connectivity index (χ0v) is 11.5. The average molecular weight is 280 g/mol. The fraction of sp³-hybridized carbons (Fsp3) is 0.417. The summed E-state index contributed by atoms with van der Waals surface area (Å²) < 4.78 is 6.62. The zero-order chi connectivity index (χ0) is 13.5. The van der Waals surface area contributed by atoms with Crippen molar-refractivity contribution >= 4 is 11.8 Å². The largest absolute Gasteiger partial charge is 0.385 e. The highest BCUT2D eigenvalue weighted by Crippen LogP contribution is 2.18. The van der Waals surface area contributed by atoms with E-state index in [0.29, 0.717) is 24.1 Å². The van der Waals surface area contributed by atoms with Crippen LogP contribution in [0.4, 0.5) is 0 Å². The van der Waals surface area contributed by atoms with E-state index in [1.165, 1.54) is 11.8 Å². The summed E-state index contributed by atoms with van der Waals surface area (Å²) in [5.74, 6) is 0.690. The van der Waals surface area contributed by atoms with Gasteiger partial charge in [-0.3, -0.25) is 9.55 Å². The summed E-state index contributed by atoms with van der Waals surface area (Å²) in [5, 5.41) is 7.19. The minimum absolute atomic E-state index is 0.181. The normalized spacial score (nSPS) is 10.8. The number of aromatic nitrogens is 4. The Morgan fingerprint density at radius 2 is 2.37 bits per heavy atom.